The molecule has 86 valence electrons. The summed E-state index contributed by atoms with van der Waals surface area (Å²) in [6.45, 7) is 2.15. The molecule has 0 N–H and O–H groups in total. The minimum absolute atomic E-state index is 0.0705. The van der Waals surface area contributed by atoms with E-state index in [2.05, 4.69) is 22.9 Å². The van der Waals surface area contributed by atoms with Gasteiger partial charge in [-0.2, -0.15) is 0 Å². The van der Waals surface area contributed by atoms with Crippen LogP contribution in [0.5, 0.6) is 5.75 Å². The second kappa shape index (κ2) is 5.00. The molecule has 1 atom stereocenters. The summed E-state index contributed by atoms with van der Waals surface area (Å²) in [4.78, 5) is 11.9. The van der Waals surface area contributed by atoms with Crippen LogP contribution in [0.1, 0.15) is 43.0 Å². The van der Waals surface area contributed by atoms with Crippen LogP contribution < -0.4 is 4.74 Å². The van der Waals surface area contributed by atoms with Gasteiger partial charge in [0.25, 0.3) is 0 Å². The number of unbranched alkanes of at least 4 members (excludes halogenated alkanes) is 1. The third-order valence-corrected chi connectivity index (χ3v) is 3.32. The zero-order chi connectivity index (χ0) is 11.5. The van der Waals surface area contributed by atoms with Crippen LogP contribution in [0.4, 0.5) is 0 Å². The lowest BCUT2D eigenvalue weighted by Gasteiger charge is -2.25. The van der Waals surface area contributed by atoms with Gasteiger partial charge in [-0.15, -0.1) is 0 Å². The van der Waals surface area contributed by atoms with Crippen LogP contribution in [-0.2, 0) is 0 Å². The number of hydrogen-bond acceptors (Lipinski definition) is 2. The maximum Gasteiger partial charge on any atom is 0.170 e. The first-order chi connectivity index (χ1) is 7.70. The van der Waals surface area contributed by atoms with Gasteiger partial charge in [0, 0.05) is 10.9 Å². The van der Waals surface area contributed by atoms with Crippen LogP contribution in [0.15, 0.2) is 22.7 Å². The van der Waals surface area contributed by atoms with Crippen molar-refractivity contribution in [2.45, 2.75) is 38.7 Å². The van der Waals surface area contributed by atoms with E-state index in [1.165, 1.54) is 0 Å². The SMILES string of the molecule is CCCCC1CC(=O)c2cc(Br)ccc2O1. The van der Waals surface area contributed by atoms with Gasteiger partial charge < -0.3 is 4.74 Å². The number of ketones is 1. The molecule has 0 saturated heterocycles. The molecule has 0 aromatic heterocycles. The molecule has 0 spiro atoms. The van der Waals surface area contributed by atoms with Gasteiger partial charge in [-0.25, -0.2) is 0 Å². The van der Waals surface area contributed by atoms with Crippen molar-refractivity contribution in [1.29, 1.82) is 0 Å². The Morgan fingerprint density at radius 3 is 3.06 bits per heavy atom. The number of carbonyl (C=O) groups excluding carboxylic acids is 1. The largest absolute Gasteiger partial charge is 0.489 e. The third kappa shape index (κ3) is 2.46. The first kappa shape index (κ1) is 11.6. The van der Waals surface area contributed by atoms with Crippen LogP contribution >= 0.6 is 15.9 Å². The first-order valence-electron chi connectivity index (χ1n) is 5.70. The second-order valence-electron chi connectivity index (χ2n) is 4.15. The van der Waals surface area contributed by atoms with Gasteiger partial charge in [-0.1, -0.05) is 35.7 Å². The van der Waals surface area contributed by atoms with Crippen LogP contribution in [0.3, 0.4) is 0 Å². The topological polar surface area (TPSA) is 26.3 Å². The predicted octanol–water partition coefficient (Wildman–Crippen LogP) is 3.97. The smallest absolute Gasteiger partial charge is 0.170 e. The fourth-order valence-corrected chi connectivity index (χ4v) is 2.31. The van der Waals surface area contributed by atoms with E-state index in [-0.39, 0.29) is 11.9 Å². The van der Waals surface area contributed by atoms with Crippen molar-refractivity contribution in [2.75, 3.05) is 0 Å². The highest BCUT2D eigenvalue weighted by molar-refractivity contribution is 9.10. The van der Waals surface area contributed by atoms with Crippen molar-refractivity contribution in [1.82, 2.24) is 0 Å². The standard InChI is InChI=1S/C13H15BrO2/c1-2-3-4-10-8-12(15)11-7-9(14)5-6-13(11)16-10/h5-7,10H,2-4,8H2,1H3. The van der Waals surface area contributed by atoms with E-state index in [4.69, 9.17) is 4.74 Å². The second-order valence-corrected chi connectivity index (χ2v) is 5.07. The maximum atomic E-state index is 11.9. The predicted molar refractivity (Wildman–Crippen MR) is 67.0 cm³/mol. The maximum absolute atomic E-state index is 11.9. The number of carbonyl (C=O) groups is 1. The van der Waals surface area contributed by atoms with Crippen LogP contribution in [0, 0.1) is 0 Å². The molecule has 2 nitrogen and oxygen atoms in total. The summed E-state index contributed by atoms with van der Waals surface area (Å²) in [5.74, 6) is 0.934. The summed E-state index contributed by atoms with van der Waals surface area (Å²) in [7, 11) is 0. The van der Waals surface area contributed by atoms with E-state index in [1.807, 2.05) is 18.2 Å². The molecule has 0 fully saturated rings. The fraction of sp³-hybridized carbons (Fsp3) is 0.462. The summed E-state index contributed by atoms with van der Waals surface area (Å²) in [5.41, 5.74) is 0.710. The van der Waals surface area contributed by atoms with Gasteiger partial charge in [0.15, 0.2) is 5.78 Å². The summed E-state index contributed by atoms with van der Waals surface area (Å²) in [6, 6.07) is 5.62. The van der Waals surface area contributed by atoms with Crippen molar-refractivity contribution in [3.63, 3.8) is 0 Å². The summed E-state index contributed by atoms with van der Waals surface area (Å²) >= 11 is 3.37. The molecule has 1 aromatic carbocycles. The van der Waals surface area contributed by atoms with E-state index in [9.17, 15) is 4.79 Å². The Morgan fingerprint density at radius 1 is 1.50 bits per heavy atom. The molecule has 0 aliphatic carbocycles. The van der Waals surface area contributed by atoms with Crippen LogP contribution in [-0.4, -0.2) is 11.9 Å². The zero-order valence-electron chi connectivity index (χ0n) is 9.33. The minimum atomic E-state index is 0.0705. The molecule has 3 heteroatoms. The first-order valence-corrected chi connectivity index (χ1v) is 6.49. The Bertz CT molecular complexity index is 401. The van der Waals surface area contributed by atoms with E-state index < -0.39 is 0 Å². The minimum Gasteiger partial charge on any atom is -0.489 e. The number of ether oxygens (including phenoxy) is 1. The molecule has 1 unspecified atom stereocenters. The highest BCUT2D eigenvalue weighted by Crippen LogP contribution is 2.31. The molecule has 0 amide bonds. The van der Waals surface area contributed by atoms with Crippen molar-refractivity contribution in [3.05, 3.63) is 28.2 Å². The Hall–Kier alpha value is -0.830. The molecule has 1 aliphatic heterocycles. The summed E-state index contributed by atoms with van der Waals surface area (Å²) in [6.07, 6.45) is 3.81. The van der Waals surface area contributed by atoms with Crippen LogP contribution in [0.2, 0.25) is 0 Å². The van der Waals surface area contributed by atoms with Gasteiger partial charge in [0.2, 0.25) is 0 Å². The summed E-state index contributed by atoms with van der Waals surface area (Å²) < 4.78 is 6.74. The zero-order valence-corrected chi connectivity index (χ0v) is 10.9. The van der Waals surface area contributed by atoms with Crippen molar-refractivity contribution >= 4 is 21.7 Å². The molecule has 16 heavy (non-hydrogen) atoms. The van der Waals surface area contributed by atoms with Gasteiger partial charge >= 0.3 is 0 Å². The molecular formula is C13H15BrO2. The lowest BCUT2D eigenvalue weighted by atomic mass is 9.98. The Labute approximate surface area is 104 Å². The fourth-order valence-electron chi connectivity index (χ4n) is 1.95. The number of rotatable bonds is 3. The highest BCUT2D eigenvalue weighted by atomic mass is 79.9. The number of halogens is 1. The van der Waals surface area contributed by atoms with E-state index in [0.29, 0.717) is 12.0 Å². The molecule has 2 rings (SSSR count). The number of fused-ring (bicyclic) bond motifs is 1. The number of hydrogen-bond donors (Lipinski definition) is 0. The highest BCUT2D eigenvalue weighted by Gasteiger charge is 2.25. The van der Waals surface area contributed by atoms with Gasteiger partial charge in [-0.05, 0) is 24.6 Å². The normalized spacial score (nSPS) is 19.1. The Kier molecular flexibility index (Phi) is 3.64. The molecule has 0 radical (unpaired) electrons. The molecule has 0 saturated carbocycles. The van der Waals surface area contributed by atoms with E-state index >= 15 is 0 Å². The van der Waals surface area contributed by atoms with E-state index in [0.717, 1.165) is 29.5 Å². The molecule has 1 aliphatic rings. The van der Waals surface area contributed by atoms with Gasteiger partial charge in [-0.3, -0.25) is 4.79 Å². The lowest BCUT2D eigenvalue weighted by Crippen LogP contribution is -2.26. The summed E-state index contributed by atoms with van der Waals surface area (Å²) in [5, 5.41) is 0. The van der Waals surface area contributed by atoms with Crippen molar-refractivity contribution in [3.8, 4) is 5.75 Å². The molecule has 0 bridgehead atoms. The average Bonchev–Trinajstić information content (AvgIpc) is 2.27. The van der Waals surface area contributed by atoms with Gasteiger partial charge in [0.05, 0.1) is 5.56 Å². The monoisotopic (exact) mass is 282 g/mol. The lowest BCUT2D eigenvalue weighted by molar-refractivity contribution is 0.0835. The van der Waals surface area contributed by atoms with Crippen molar-refractivity contribution in [2.24, 2.45) is 0 Å². The van der Waals surface area contributed by atoms with E-state index in [1.54, 1.807) is 0 Å². The average molecular weight is 283 g/mol. The molecule has 1 aromatic rings. The molecular weight excluding hydrogens is 268 g/mol. The quantitative estimate of drug-likeness (QED) is 0.839. The molecule has 1 heterocycles. The third-order valence-electron chi connectivity index (χ3n) is 2.83. The van der Waals surface area contributed by atoms with Crippen molar-refractivity contribution < 1.29 is 9.53 Å². The Balaban J connectivity index is 2.17. The van der Waals surface area contributed by atoms with Gasteiger partial charge in [0.1, 0.15) is 11.9 Å². The number of benzene rings is 1. The number of Topliss-reactive ketones (excluding diaryl/α,β-unsaturated/α-hetero) is 1. The Morgan fingerprint density at radius 2 is 2.31 bits per heavy atom. The van der Waals surface area contributed by atoms with Crippen LogP contribution in [0.25, 0.3) is 0 Å².